The van der Waals surface area contributed by atoms with Crippen molar-refractivity contribution < 1.29 is 0 Å². The summed E-state index contributed by atoms with van der Waals surface area (Å²) in [5.41, 5.74) is 1.01. The third kappa shape index (κ3) is 3.57. The number of nitrogens with one attached hydrogen (secondary N) is 1. The Morgan fingerprint density at radius 3 is 2.28 bits per heavy atom. The van der Waals surface area contributed by atoms with E-state index in [2.05, 4.69) is 58.9 Å². The van der Waals surface area contributed by atoms with E-state index in [1.807, 2.05) is 19.0 Å². The Labute approximate surface area is 118 Å². The highest BCUT2D eigenvalue weighted by molar-refractivity contribution is 9.10. The van der Waals surface area contributed by atoms with Gasteiger partial charge in [0, 0.05) is 26.1 Å². The molecule has 0 amide bonds. The highest BCUT2D eigenvalue weighted by Crippen LogP contribution is 2.33. The molecule has 0 aliphatic rings. The van der Waals surface area contributed by atoms with Gasteiger partial charge < -0.3 is 10.2 Å². The van der Waals surface area contributed by atoms with Crippen LogP contribution in [-0.2, 0) is 5.41 Å². The summed E-state index contributed by atoms with van der Waals surface area (Å²) < 4.78 is 0.967. The third-order valence-corrected chi connectivity index (χ3v) is 3.24. The number of rotatable bonds is 4. The Morgan fingerprint density at radius 1 is 1.22 bits per heavy atom. The van der Waals surface area contributed by atoms with Crippen molar-refractivity contribution in [3.05, 3.63) is 10.2 Å². The van der Waals surface area contributed by atoms with Crippen molar-refractivity contribution in [3.8, 4) is 0 Å². The minimum absolute atomic E-state index is 0.0187. The molecule has 0 aromatic carbocycles. The van der Waals surface area contributed by atoms with Crippen LogP contribution in [0.15, 0.2) is 4.47 Å². The highest BCUT2D eigenvalue weighted by atomic mass is 79.9. The molecule has 18 heavy (non-hydrogen) atoms. The monoisotopic (exact) mass is 314 g/mol. The maximum atomic E-state index is 4.64. The van der Waals surface area contributed by atoms with Gasteiger partial charge in [0.15, 0.2) is 0 Å². The number of halogens is 1. The lowest BCUT2D eigenvalue weighted by Crippen LogP contribution is -2.21. The summed E-state index contributed by atoms with van der Waals surface area (Å²) in [6, 6.07) is 0. The van der Waals surface area contributed by atoms with Gasteiger partial charge in [-0.05, 0) is 22.4 Å². The smallest absolute Gasteiger partial charge is 0.227 e. The van der Waals surface area contributed by atoms with Crippen LogP contribution in [0.2, 0.25) is 0 Å². The molecule has 1 aromatic heterocycles. The molecule has 0 saturated heterocycles. The lowest BCUT2D eigenvalue weighted by Gasteiger charge is -2.23. The molecule has 0 spiro atoms. The van der Waals surface area contributed by atoms with E-state index >= 15 is 0 Å². The first-order chi connectivity index (χ1) is 8.27. The molecule has 0 bridgehead atoms. The maximum absolute atomic E-state index is 4.64. The average Bonchev–Trinajstić information content (AvgIpc) is 2.25. The van der Waals surface area contributed by atoms with Crippen LogP contribution in [0.5, 0.6) is 0 Å². The SMILES string of the molecule is CCCNc1nc(N(C)C)nc(C(C)(C)C)c1Br. The summed E-state index contributed by atoms with van der Waals surface area (Å²) in [6.07, 6.45) is 1.07. The minimum Gasteiger partial charge on any atom is -0.369 e. The number of nitrogens with zero attached hydrogens (tertiary/aromatic N) is 3. The van der Waals surface area contributed by atoms with Crippen molar-refractivity contribution in [3.63, 3.8) is 0 Å². The van der Waals surface area contributed by atoms with Crippen LogP contribution in [0, 0.1) is 0 Å². The van der Waals surface area contributed by atoms with E-state index in [0.717, 1.165) is 34.9 Å². The van der Waals surface area contributed by atoms with Crippen LogP contribution >= 0.6 is 15.9 Å². The van der Waals surface area contributed by atoms with Crippen LogP contribution in [-0.4, -0.2) is 30.6 Å². The molecule has 1 rings (SSSR count). The van der Waals surface area contributed by atoms with E-state index in [1.54, 1.807) is 0 Å². The standard InChI is InChI=1S/C13H23BrN4/c1-7-8-15-11-9(14)10(13(2,3)4)16-12(17-11)18(5)6/h7-8H2,1-6H3,(H,15,16,17). The Bertz CT molecular complexity index is 410. The molecule has 4 nitrogen and oxygen atoms in total. The predicted molar refractivity (Wildman–Crippen MR) is 81.5 cm³/mol. The fourth-order valence-electron chi connectivity index (χ4n) is 1.49. The quantitative estimate of drug-likeness (QED) is 0.924. The van der Waals surface area contributed by atoms with Gasteiger partial charge in [-0.15, -0.1) is 0 Å². The average molecular weight is 315 g/mol. The zero-order valence-electron chi connectivity index (χ0n) is 12.1. The van der Waals surface area contributed by atoms with Crippen LogP contribution in [0.1, 0.15) is 39.8 Å². The molecule has 0 unspecified atom stereocenters. The van der Waals surface area contributed by atoms with Crippen LogP contribution in [0.3, 0.4) is 0 Å². The molecule has 1 N–H and O–H groups in total. The van der Waals surface area contributed by atoms with E-state index in [1.165, 1.54) is 0 Å². The molecule has 0 atom stereocenters. The molecule has 5 heteroatoms. The van der Waals surface area contributed by atoms with Gasteiger partial charge in [-0.1, -0.05) is 27.7 Å². The third-order valence-electron chi connectivity index (χ3n) is 2.49. The summed E-state index contributed by atoms with van der Waals surface area (Å²) in [5.74, 6) is 1.61. The van der Waals surface area contributed by atoms with Crippen LogP contribution in [0.25, 0.3) is 0 Å². The molecule has 102 valence electrons. The van der Waals surface area contributed by atoms with E-state index in [0.29, 0.717) is 0 Å². The maximum Gasteiger partial charge on any atom is 0.227 e. The number of anilines is 2. The van der Waals surface area contributed by atoms with Crippen LogP contribution in [0.4, 0.5) is 11.8 Å². The number of aromatic nitrogens is 2. The van der Waals surface area contributed by atoms with Crippen LogP contribution < -0.4 is 10.2 Å². The van der Waals surface area contributed by atoms with E-state index < -0.39 is 0 Å². The van der Waals surface area contributed by atoms with Gasteiger partial charge in [-0.3, -0.25) is 0 Å². The van der Waals surface area contributed by atoms with Crippen molar-refractivity contribution in [2.45, 2.75) is 39.5 Å². The van der Waals surface area contributed by atoms with Gasteiger partial charge >= 0.3 is 0 Å². The van der Waals surface area contributed by atoms with Crippen molar-refractivity contribution in [1.82, 2.24) is 9.97 Å². The summed E-state index contributed by atoms with van der Waals surface area (Å²) in [7, 11) is 3.92. The first-order valence-electron chi connectivity index (χ1n) is 6.26. The second-order valence-corrected chi connectivity index (χ2v) is 6.40. The first kappa shape index (κ1) is 15.2. The number of hydrogen-bond acceptors (Lipinski definition) is 4. The Hall–Kier alpha value is -0.840. The van der Waals surface area contributed by atoms with Gasteiger partial charge in [-0.2, -0.15) is 4.98 Å². The molecular formula is C13H23BrN4. The molecule has 0 aliphatic carbocycles. The summed E-state index contributed by atoms with van der Waals surface area (Å²) in [5, 5.41) is 3.35. The summed E-state index contributed by atoms with van der Waals surface area (Å²) in [6.45, 7) is 9.51. The van der Waals surface area contributed by atoms with E-state index in [-0.39, 0.29) is 5.41 Å². The zero-order chi connectivity index (χ0) is 13.9. The van der Waals surface area contributed by atoms with Crippen molar-refractivity contribution in [1.29, 1.82) is 0 Å². The van der Waals surface area contributed by atoms with Crippen molar-refractivity contribution in [2.75, 3.05) is 30.9 Å². The predicted octanol–water partition coefficient (Wildman–Crippen LogP) is 3.42. The van der Waals surface area contributed by atoms with Gasteiger partial charge in [0.1, 0.15) is 5.82 Å². The topological polar surface area (TPSA) is 41.1 Å². The molecule has 0 aliphatic heterocycles. The Morgan fingerprint density at radius 2 is 1.83 bits per heavy atom. The molecule has 1 heterocycles. The van der Waals surface area contributed by atoms with Crippen molar-refractivity contribution >= 4 is 27.7 Å². The van der Waals surface area contributed by atoms with Gasteiger partial charge in [0.2, 0.25) is 5.95 Å². The lowest BCUT2D eigenvalue weighted by molar-refractivity contribution is 0.563. The van der Waals surface area contributed by atoms with E-state index in [9.17, 15) is 0 Å². The van der Waals surface area contributed by atoms with Crippen molar-refractivity contribution in [2.24, 2.45) is 0 Å². The molecule has 0 saturated carbocycles. The normalized spacial score (nSPS) is 11.5. The van der Waals surface area contributed by atoms with E-state index in [4.69, 9.17) is 0 Å². The molecule has 1 aromatic rings. The second-order valence-electron chi connectivity index (χ2n) is 5.61. The Balaban J connectivity index is 3.29. The fourth-order valence-corrected chi connectivity index (χ4v) is 2.41. The molecule has 0 fully saturated rings. The summed E-state index contributed by atoms with van der Waals surface area (Å²) in [4.78, 5) is 11.1. The molecular weight excluding hydrogens is 292 g/mol. The van der Waals surface area contributed by atoms with Gasteiger partial charge in [0.05, 0.1) is 10.2 Å². The van der Waals surface area contributed by atoms with Gasteiger partial charge in [-0.25, -0.2) is 4.98 Å². The van der Waals surface area contributed by atoms with Gasteiger partial charge in [0.25, 0.3) is 0 Å². The molecule has 0 radical (unpaired) electrons. The first-order valence-corrected chi connectivity index (χ1v) is 7.06. The zero-order valence-corrected chi connectivity index (χ0v) is 13.7. The summed E-state index contributed by atoms with van der Waals surface area (Å²) >= 11 is 3.62. The highest BCUT2D eigenvalue weighted by Gasteiger charge is 2.23. The lowest BCUT2D eigenvalue weighted by atomic mass is 9.92. The largest absolute Gasteiger partial charge is 0.369 e. The minimum atomic E-state index is -0.0187. The second kappa shape index (κ2) is 5.87. The fraction of sp³-hybridized carbons (Fsp3) is 0.692. The Kier molecular flexibility index (Phi) is 4.96. The number of hydrogen-bond donors (Lipinski definition) is 1.